The Morgan fingerprint density at radius 1 is 0.250 bits per heavy atom. The Morgan fingerprint density at radius 2 is 0.250 bits per heavy atom. The SMILES string of the molecule is [Eu+3].[Eu+3].[F-].[F-].[F-].[F-].[F-].[F-]. The van der Waals surface area contributed by atoms with E-state index < -0.39 is 0 Å². The summed E-state index contributed by atoms with van der Waals surface area (Å²) in [6.45, 7) is 0. The first-order chi connectivity index (χ1) is 0. The Kier molecular flexibility index (Phi) is 1670. The summed E-state index contributed by atoms with van der Waals surface area (Å²) >= 11 is 0. The standard InChI is InChI=1S/2Eu.6FH/h;;6*1H/q2*+3;;;;;;/p-6. The molecule has 0 aliphatic heterocycles. The summed E-state index contributed by atoms with van der Waals surface area (Å²) in [5.41, 5.74) is 0. The van der Waals surface area contributed by atoms with Crippen LogP contribution in [0.1, 0.15) is 0 Å². The zero-order chi connectivity index (χ0) is 0. The molecule has 0 N–H and O–H groups in total. The van der Waals surface area contributed by atoms with E-state index in [1.165, 1.54) is 0 Å². The molecular weight excluding hydrogens is 418 g/mol. The molecule has 0 rings (SSSR count). The number of rotatable bonds is 0. The maximum atomic E-state index is 0. The van der Waals surface area contributed by atoms with Crippen LogP contribution >= 0.6 is 0 Å². The van der Waals surface area contributed by atoms with Crippen LogP contribution in [0.4, 0.5) is 0 Å². The van der Waals surface area contributed by atoms with Gasteiger partial charge in [-0.25, -0.2) is 0 Å². The van der Waals surface area contributed by atoms with Crippen LogP contribution in [0.15, 0.2) is 0 Å². The van der Waals surface area contributed by atoms with Gasteiger partial charge in [0.1, 0.15) is 0 Å². The molecule has 0 bridgehead atoms. The number of halogens is 6. The zero-order valence-electron chi connectivity index (χ0n) is 3.02. The van der Waals surface area contributed by atoms with Gasteiger partial charge in [-0.2, -0.15) is 0 Å². The van der Waals surface area contributed by atoms with Crippen molar-refractivity contribution in [3.8, 4) is 0 Å². The molecule has 0 aromatic rings. The summed E-state index contributed by atoms with van der Waals surface area (Å²) in [4.78, 5) is 0. The largest absolute Gasteiger partial charge is 3.00 e. The van der Waals surface area contributed by atoms with Gasteiger partial charge in [0, 0.05) is 0 Å². The third-order valence-corrected chi connectivity index (χ3v) is 0. The molecule has 0 aliphatic carbocycles. The topological polar surface area (TPSA) is 0 Å². The van der Waals surface area contributed by atoms with Crippen molar-refractivity contribution >= 4 is 0 Å². The average Bonchev–Trinajstić information content (AvgIpc) is 0. The smallest absolute Gasteiger partial charge is 1.00 e. The van der Waals surface area contributed by atoms with Crippen LogP contribution in [0.3, 0.4) is 0 Å². The Bertz CT molecular complexity index is 6.49. The average molecular weight is 418 g/mol. The van der Waals surface area contributed by atoms with Crippen molar-refractivity contribution in [3.05, 3.63) is 0 Å². The predicted octanol–water partition coefficient (Wildman–Crippen LogP) is -18.0. The van der Waals surface area contributed by atoms with E-state index in [9.17, 15) is 0 Å². The van der Waals surface area contributed by atoms with Gasteiger partial charge in [-0.3, -0.25) is 0 Å². The first-order valence-corrected chi connectivity index (χ1v) is 0. The second-order valence-corrected chi connectivity index (χ2v) is 0. The maximum Gasteiger partial charge on any atom is 3.00 e. The molecule has 0 unspecified atom stereocenters. The van der Waals surface area contributed by atoms with E-state index in [1.807, 2.05) is 0 Å². The summed E-state index contributed by atoms with van der Waals surface area (Å²) < 4.78 is 0. The van der Waals surface area contributed by atoms with Crippen LogP contribution in [-0.4, -0.2) is 0 Å². The van der Waals surface area contributed by atoms with Crippen LogP contribution < -0.4 is 28.2 Å². The van der Waals surface area contributed by atoms with Gasteiger partial charge in [0.05, 0.1) is 0 Å². The van der Waals surface area contributed by atoms with Gasteiger partial charge in [-0.05, 0) is 0 Å². The van der Waals surface area contributed by atoms with Crippen molar-refractivity contribution in [3.63, 3.8) is 0 Å². The van der Waals surface area contributed by atoms with Crippen LogP contribution in [0, 0.1) is 98.8 Å². The molecule has 56 valence electrons. The Morgan fingerprint density at radius 3 is 0.250 bits per heavy atom. The molecule has 0 atom stereocenters. The summed E-state index contributed by atoms with van der Waals surface area (Å²) in [7, 11) is 0. The van der Waals surface area contributed by atoms with E-state index in [2.05, 4.69) is 0 Å². The Hall–Kier alpha value is 2.75. The van der Waals surface area contributed by atoms with Gasteiger partial charge in [-0.1, -0.05) is 0 Å². The monoisotopic (exact) mass is 420 g/mol. The fourth-order valence-electron chi connectivity index (χ4n) is 0. The second kappa shape index (κ2) is 98.8. The molecule has 0 heterocycles. The van der Waals surface area contributed by atoms with Crippen molar-refractivity contribution in [2.45, 2.75) is 0 Å². The van der Waals surface area contributed by atoms with E-state index in [4.69, 9.17) is 0 Å². The predicted molar refractivity (Wildman–Crippen MR) is 0 cm³/mol. The van der Waals surface area contributed by atoms with Crippen LogP contribution in [0.2, 0.25) is 0 Å². The molecular formula is Eu2F6. The molecule has 0 aromatic heterocycles. The van der Waals surface area contributed by atoms with Crippen molar-refractivity contribution < 1.29 is 127 Å². The summed E-state index contributed by atoms with van der Waals surface area (Å²) in [6, 6.07) is 0. The molecule has 0 spiro atoms. The quantitative estimate of drug-likeness (QED) is 0.343. The number of hydrogen-bond donors (Lipinski definition) is 0. The molecule has 0 radical (unpaired) electrons. The first-order valence-electron chi connectivity index (χ1n) is 0. The van der Waals surface area contributed by atoms with Crippen molar-refractivity contribution in [2.75, 3.05) is 0 Å². The third-order valence-electron chi connectivity index (χ3n) is 0. The van der Waals surface area contributed by atoms with Gasteiger partial charge in [0.2, 0.25) is 0 Å². The van der Waals surface area contributed by atoms with Crippen LogP contribution in [0.5, 0.6) is 0 Å². The maximum absolute atomic E-state index is 0. The van der Waals surface area contributed by atoms with Crippen LogP contribution in [-0.2, 0) is 0 Å². The minimum absolute atomic E-state index is 0. The molecule has 0 aliphatic rings. The number of hydrogen-bond acceptors (Lipinski definition) is 0. The minimum atomic E-state index is 0. The zero-order valence-corrected chi connectivity index (χ0v) is 7.87. The summed E-state index contributed by atoms with van der Waals surface area (Å²) in [5, 5.41) is 0. The molecule has 0 amide bonds. The van der Waals surface area contributed by atoms with E-state index in [1.54, 1.807) is 0 Å². The van der Waals surface area contributed by atoms with Crippen molar-refractivity contribution in [1.82, 2.24) is 0 Å². The Balaban J connectivity index is 0. The van der Waals surface area contributed by atoms with E-state index >= 15 is 0 Å². The van der Waals surface area contributed by atoms with Gasteiger partial charge in [-0.15, -0.1) is 0 Å². The van der Waals surface area contributed by atoms with Gasteiger partial charge in [0.25, 0.3) is 0 Å². The molecule has 0 aromatic carbocycles. The molecule has 0 nitrogen and oxygen atoms in total. The molecule has 8 heavy (non-hydrogen) atoms. The van der Waals surface area contributed by atoms with Gasteiger partial charge < -0.3 is 28.2 Å². The van der Waals surface area contributed by atoms with Crippen LogP contribution in [0.25, 0.3) is 0 Å². The Labute approximate surface area is 124 Å². The van der Waals surface area contributed by atoms with Gasteiger partial charge in [0.15, 0.2) is 0 Å². The summed E-state index contributed by atoms with van der Waals surface area (Å²) in [5.74, 6) is 0. The second-order valence-electron chi connectivity index (χ2n) is 0. The fraction of sp³-hybridized carbons (Fsp3) is 0. The van der Waals surface area contributed by atoms with E-state index in [-0.39, 0.29) is 127 Å². The summed E-state index contributed by atoms with van der Waals surface area (Å²) in [6.07, 6.45) is 0. The van der Waals surface area contributed by atoms with Crippen molar-refractivity contribution in [2.24, 2.45) is 0 Å². The molecule has 0 fully saturated rings. The first kappa shape index (κ1) is 135. The van der Waals surface area contributed by atoms with Crippen molar-refractivity contribution in [1.29, 1.82) is 0 Å². The molecule has 0 saturated heterocycles. The fourth-order valence-corrected chi connectivity index (χ4v) is 0. The van der Waals surface area contributed by atoms with E-state index in [0.717, 1.165) is 0 Å². The molecule has 8 heteroatoms. The third kappa shape index (κ3) is 69.5. The van der Waals surface area contributed by atoms with Gasteiger partial charge >= 0.3 is 98.8 Å². The normalized spacial score (nSPS) is 0. The molecule has 0 saturated carbocycles. The minimum Gasteiger partial charge on any atom is -1.00 e. The van der Waals surface area contributed by atoms with E-state index in [0.29, 0.717) is 0 Å².